The molecule has 60 valence electrons. The third-order valence-corrected chi connectivity index (χ3v) is 2.64. The van der Waals surface area contributed by atoms with E-state index in [2.05, 4.69) is 15.9 Å². The van der Waals surface area contributed by atoms with E-state index < -0.39 is 0 Å². The number of halogens is 3. The Kier molecular flexibility index (Phi) is 3.12. The fourth-order valence-electron chi connectivity index (χ4n) is 0.661. The highest BCUT2D eigenvalue weighted by Crippen LogP contribution is 2.28. The van der Waals surface area contributed by atoms with Gasteiger partial charge >= 0.3 is 0 Å². The summed E-state index contributed by atoms with van der Waals surface area (Å²) in [6.07, 6.45) is 0. The molecule has 0 aliphatic heterocycles. The Morgan fingerprint density at radius 2 is 2.18 bits per heavy atom. The molecule has 1 aromatic carbocycles. The maximum absolute atomic E-state index is 12.8. The molecule has 0 aliphatic rings. The van der Waals surface area contributed by atoms with Gasteiger partial charge in [0, 0.05) is 0 Å². The third kappa shape index (κ3) is 2.05. The predicted molar refractivity (Wildman–Crippen MR) is 53.4 cm³/mol. The van der Waals surface area contributed by atoms with E-state index in [-0.39, 0.29) is 5.82 Å². The van der Waals surface area contributed by atoms with Gasteiger partial charge in [-0.05, 0) is 50.7 Å². The van der Waals surface area contributed by atoms with E-state index in [4.69, 9.17) is 4.74 Å². The summed E-state index contributed by atoms with van der Waals surface area (Å²) < 4.78 is 19.0. The van der Waals surface area contributed by atoms with Crippen LogP contribution in [0.25, 0.3) is 0 Å². The maximum atomic E-state index is 12.8. The van der Waals surface area contributed by atoms with Gasteiger partial charge in [0.1, 0.15) is 11.6 Å². The van der Waals surface area contributed by atoms with Crippen LogP contribution in [0.4, 0.5) is 4.39 Å². The van der Waals surface area contributed by atoms with Gasteiger partial charge in [0.25, 0.3) is 0 Å². The van der Waals surface area contributed by atoms with Gasteiger partial charge in [0.15, 0.2) is 0 Å². The molecule has 0 aliphatic carbocycles. The Hall–Kier alpha value is 0.160. The molecule has 0 atom stereocenters. The molecule has 0 saturated carbocycles. The van der Waals surface area contributed by atoms with Gasteiger partial charge in [-0.1, -0.05) is 0 Å². The van der Waals surface area contributed by atoms with Crippen molar-refractivity contribution in [2.45, 2.75) is 0 Å². The summed E-state index contributed by atoms with van der Waals surface area (Å²) in [6, 6.07) is 3.03. The summed E-state index contributed by atoms with van der Waals surface area (Å²) in [5.41, 5.74) is 0. The van der Waals surface area contributed by atoms with Crippen LogP contribution < -0.4 is 4.74 Å². The first kappa shape index (κ1) is 9.25. The number of hydrogen-bond acceptors (Lipinski definition) is 1. The second kappa shape index (κ2) is 3.71. The largest absolute Gasteiger partial charge is 0.496 e. The highest BCUT2D eigenvalue weighted by Gasteiger charge is 2.05. The average Bonchev–Trinajstić information content (AvgIpc) is 1.97. The summed E-state index contributed by atoms with van der Waals surface area (Å²) in [5, 5.41) is 0. The zero-order valence-corrected chi connectivity index (χ0v) is 9.44. The number of ether oxygens (including phenoxy) is 1. The van der Waals surface area contributed by atoms with Gasteiger partial charge < -0.3 is 4.74 Å². The van der Waals surface area contributed by atoms with Gasteiger partial charge in [0.2, 0.25) is 0 Å². The standard InChI is InChI=1S/C7H5BrFIO/c1-11-7-3-6(10)5(9)2-4(7)8/h2-3H,1H3. The summed E-state index contributed by atoms with van der Waals surface area (Å²) in [4.78, 5) is 0. The van der Waals surface area contributed by atoms with Gasteiger partial charge in [-0.3, -0.25) is 0 Å². The minimum atomic E-state index is -0.238. The van der Waals surface area contributed by atoms with Gasteiger partial charge in [-0.25, -0.2) is 4.39 Å². The number of hydrogen-bond donors (Lipinski definition) is 0. The fraction of sp³-hybridized carbons (Fsp3) is 0.143. The van der Waals surface area contributed by atoms with Crippen LogP contribution in [0.1, 0.15) is 0 Å². The Bertz CT molecular complexity index is 277. The molecular formula is C7H5BrFIO. The van der Waals surface area contributed by atoms with E-state index in [0.29, 0.717) is 13.8 Å². The fourth-order valence-corrected chi connectivity index (χ4v) is 1.58. The Labute approximate surface area is 86.2 Å². The van der Waals surface area contributed by atoms with Crippen LogP contribution in [0.3, 0.4) is 0 Å². The molecule has 11 heavy (non-hydrogen) atoms. The molecule has 1 rings (SSSR count). The molecule has 4 heteroatoms. The highest BCUT2D eigenvalue weighted by atomic mass is 127. The molecule has 0 radical (unpaired) electrons. The minimum Gasteiger partial charge on any atom is -0.496 e. The van der Waals surface area contributed by atoms with Gasteiger partial charge in [0.05, 0.1) is 15.2 Å². The second-order valence-corrected chi connectivity index (χ2v) is 3.92. The van der Waals surface area contributed by atoms with Crippen molar-refractivity contribution in [1.29, 1.82) is 0 Å². The topological polar surface area (TPSA) is 9.23 Å². The highest BCUT2D eigenvalue weighted by molar-refractivity contribution is 14.1. The predicted octanol–water partition coefficient (Wildman–Crippen LogP) is 3.20. The lowest BCUT2D eigenvalue weighted by molar-refractivity contribution is 0.410. The number of methoxy groups -OCH3 is 1. The van der Waals surface area contributed by atoms with E-state index in [1.54, 1.807) is 13.2 Å². The van der Waals surface area contributed by atoms with Crippen LogP contribution in [0.5, 0.6) is 5.75 Å². The van der Waals surface area contributed by atoms with Crippen molar-refractivity contribution in [3.8, 4) is 5.75 Å². The third-order valence-electron chi connectivity index (χ3n) is 1.19. The van der Waals surface area contributed by atoms with E-state index in [1.165, 1.54) is 6.07 Å². The lowest BCUT2D eigenvalue weighted by atomic mass is 10.3. The molecule has 1 nitrogen and oxygen atoms in total. The van der Waals surface area contributed by atoms with Crippen molar-refractivity contribution in [3.63, 3.8) is 0 Å². The Balaban J connectivity index is 3.21. The van der Waals surface area contributed by atoms with E-state index in [0.717, 1.165) is 0 Å². The van der Waals surface area contributed by atoms with E-state index in [9.17, 15) is 4.39 Å². The van der Waals surface area contributed by atoms with Crippen LogP contribution in [0.15, 0.2) is 16.6 Å². The Morgan fingerprint density at radius 1 is 1.55 bits per heavy atom. The molecule has 0 saturated heterocycles. The normalized spacial score (nSPS) is 9.82. The summed E-state index contributed by atoms with van der Waals surface area (Å²) >= 11 is 5.09. The molecule has 0 N–H and O–H groups in total. The molecule has 1 aromatic rings. The average molecular weight is 331 g/mol. The van der Waals surface area contributed by atoms with Crippen LogP contribution in [0, 0.1) is 9.39 Å². The van der Waals surface area contributed by atoms with Crippen LogP contribution >= 0.6 is 38.5 Å². The molecule has 0 heterocycles. The van der Waals surface area contributed by atoms with Crippen molar-refractivity contribution in [1.82, 2.24) is 0 Å². The van der Waals surface area contributed by atoms with Gasteiger partial charge in [-0.2, -0.15) is 0 Å². The monoisotopic (exact) mass is 330 g/mol. The lowest BCUT2D eigenvalue weighted by Crippen LogP contribution is -1.88. The quantitative estimate of drug-likeness (QED) is 0.567. The molecule has 0 fully saturated rings. The van der Waals surface area contributed by atoms with Crippen molar-refractivity contribution < 1.29 is 9.13 Å². The Morgan fingerprint density at radius 3 is 2.73 bits per heavy atom. The first-order valence-electron chi connectivity index (χ1n) is 2.83. The molecule has 0 unspecified atom stereocenters. The van der Waals surface area contributed by atoms with E-state index >= 15 is 0 Å². The van der Waals surface area contributed by atoms with Gasteiger partial charge in [-0.15, -0.1) is 0 Å². The first-order valence-corrected chi connectivity index (χ1v) is 4.71. The van der Waals surface area contributed by atoms with E-state index in [1.807, 2.05) is 22.6 Å². The maximum Gasteiger partial charge on any atom is 0.137 e. The van der Waals surface area contributed by atoms with Crippen LogP contribution in [-0.4, -0.2) is 7.11 Å². The van der Waals surface area contributed by atoms with Crippen molar-refractivity contribution in [3.05, 3.63) is 26.0 Å². The molecule has 0 aromatic heterocycles. The molecule has 0 bridgehead atoms. The summed E-state index contributed by atoms with van der Waals surface area (Å²) in [5.74, 6) is 0.411. The smallest absolute Gasteiger partial charge is 0.137 e. The van der Waals surface area contributed by atoms with Crippen LogP contribution in [-0.2, 0) is 0 Å². The molecule has 0 spiro atoms. The zero-order valence-electron chi connectivity index (χ0n) is 5.70. The van der Waals surface area contributed by atoms with Crippen molar-refractivity contribution in [2.24, 2.45) is 0 Å². The molecule has 0 amide bonds. The number of benzene rings is 1. The summed E-state index contributed by atoms with van der Waals surface area (Å²) in [7, 11) is 1.55. The zero-order chi connectivity index (χ0) is 8.43. The summed E-state index contributed by atoms with van der Waals surface area (Å²) in [6.45, 7) is 0. The number of rotatable bonds is 1. The van der Waals surface area contributed by atoms with Crippen LogP contribution in [0.2, 0.25) is 0 Å². The second-order valence-electron chi connectivity index (χ2n) is 1.90. The van der Waals surface area contributed by atoms with Crippen molar-refractivity contribution in [2.75, 3.05) is 7.11 Å². The molecular weight excluding hydrogens is 326 g/mol. The van der Waals surface area contributed by atoms with Crippen molar-refractivity contribution >= 4 is 38.5 Å². The lowest BCUT2D eigenvalue weighted by Gasteiger charge is -2.03. The minimum absolute atomic E-state index is 0.238. The SMILES string of the molecule is COc1cc(I)c(F)cc1Br. The first-order chi connectivity index (χ1) is 5.15.